The highest BCUT2D eigenvalue weighted by atomic mass is 19.1. The van der Waals surface area contributed by atoms with Crippen molar-refractivity contribution in [3.63, 3.8) is 0 Å². The van der Waals surface area contributed by atoms with E-state index in [0.717, 1.165) is 0 Å². The van der Waals surface area contributed by atoms with Crippen LogP contribution in [0.4, 0.5) is 18.9 Å². The molecule has 0 heterocycles. The van der Waals surface area contributed by atoms with E-state index in [0.29, 0.717) is 12.1 Å². The van der Waals surface area contributed by atoms with E-state index in [2.05, 4.69) is 5.32 Å². The molecule has 0 aliphatic rings. The number of hydrogen-bond donors (Lipinski definition) is 2. The van der Waals surface area contributed by atoms with Gasteiger partial charge in [0, 0.05) is 18.7 Å². The fraction of sp³-hybridized carbons (Fsp3) is 0.300. The van der Waals surface area contributed by atoms with Gasteiger partial charge in [0.15, 0.2) is 11.6 Å². The van der Waals surface area contributed by atoms with E-state index in [1.807, 2.05) is 0 Å². The molecular weight excluding hydrogens is 223 g/mol. The first-order valence-electron chi connectivity index (χ1n) is 4.53. The maximum Gasteiger partial charge on any atom is 0.308 e. The number of anilines is 1. The molecule has 1 unspecified atom stereocenters. The molecule has 0 amide bonds. The lowest BCUT2D eigenvalue weighted by Crippen LogP contribution is -2.20. The van der Waals surface area contributed by atoms with Crippen molar-refractivity contribution >= 4 is 11.7 Å². The summed E-state index contributed by atoms with van der Waals surface area (Å²) in [7, 11) is 0. The molecule has 0 saturated carbocycles. The topological polar surface area (TPSA) is 49.3 Å². The van der Waals surface area contributed by atoms with Crippen LogP contribution in [0.25, 0.3) is 0 Å². The van der Waals surface area contributed by atoms with Gasteiger partial charge in [-0.05, 0) is 0 Å². The molecule has 3 nitrogen and oxygen atoms in total. The normalized spacial score (nSPS) is 12.2. The molecule has 16 heavy (non-hydrogen) atoms. The number of halogens is 3. The Morgan fingerprint density at radius 3 is 2.31 bits per heavy atom. The van der Waals surface area contributed by atoms with Crippen molar-refractivity contribution in [2.75, 3.05) is 11.9 Å². The Bertz CT molecular complexity index is 386. The summed E-state index contributed by atoms with van der Waals surface area (Å²) in [4.78, 5) is 10.5. The summed E-state index contributed by atoms with van der Waals surface area (Å²) in [6.45, 7) is 1.24. The number of rotatable bonds is 4. The van der Waals surface area contributed by atoms with Crippen molar-refractivity contribution in [3.05, 3.63) is 29.6 Å². The minimum absolute atomic E-state index is 0.144. The second kappa shape index (κ2) is 4.87. The number of hydrogen-bond acceptors (Lipinski definition) is 2. The minimum atomic E-state index is -1.09. The van der Waals surface area contributed by atoms with Gasteiger partial charge in [0.25, 0.3) is 0 Å². The molecule has 1 atom stereocenters. The zero-order chi connectivity index (χ0) is 12.3. The largest absolute Gasteiger partial charge is 0.481 e. The van der Waals surface area contributed by atoms with Crippen molar-refractivity contribution in [2.24, 2.45) is 5.92 Å². The van der Waals surface area contributed by atoms with Crippen LogP contribution in [0, 0.1) is 23.4 Å². The van der Waals surface area contributed by atoms with Gasteiger partial charge < -0.3 is 10.4 Å². The highest BCUT2D eigenvalue weighted by Crippen LogP contribution is 2.20. The lowest BCUT2D eigenvalue weighted by Gasteiger charge is -2.11. The summed E-state index contributed by atoms with van der Waals surface area (Å²) in [6, 6.07) is 1.05. The predicted molar refractivity (Wildman–Crippen MR) is 51.6 cm³/mol. The molecule has 2 N–H and O–H groups in total. The SMILES string of the molecule is CC(CNc1c(F)cc(F)cc1F)C(=O)O. The number of carbonyl (C=O) groups is 1. The Kier molecular flexibility index (Phi) is 3.76. The van der Waals surface area contributed by atoms with Crippen molar-refractivity contribution in [1.82, 2.24) is 0 Å². The first-order chi connectivity index (χ1) is 7.41. The summed E-state index contributed by atoms with van der Waals surface area (Å²) < 4.78 is 38.7. The molecule has 0 saturated heterocycles. The molecule has 0 spiro atoms. The smallest absolute Gasteiger partial charge is 0.308 e. The maximum absolute atomic E-state index is 13.1. The Hall–Kier alpha value is -1.72. The number of aliphatic carboxylic acids is 1. The van der Waals surface area contributed by atoms with Gasteiger partial charge in [-0.2, -0.15) is 0 Å². The average molecular weight is 233 g/mol. The van der Waals surface area contributed by atoms with Gasteiger partial charge in [0.1, 0.15) is 11.5 Å². The standard InChI is InChI=1S/C10H10F3NO2/c1-5(10(15)16)4-14-9-7(12)2-6(11)3-8(9)13/h2-3,5,14H,4H2,1H3,(H,15,16). The van der Waals surface area contributed by atoms with Gasteiger partial charge in [-0.1, -0.05) is 6.92 Å². The van der Waals surface area contributed by atoms with Gasteiger partial charge in [-0.25, -0.2) is 13.2 Å². The third-order valence-corrected chi connectivity index (χ3v) is 2.01. The molecule has 6 heteroatoms. The number of carboxylic acids is 1. The van der Waals surface area contributed by atoms with E-state index >= 15 is 0 Å². The van der Waals surface area contributed by atoms with Gasteiger partial charge in [-0.15, -0.1) is 0 Å². The fourth-order valence-corrected chi connectivity index (χ4v) is 1.05. The zero-order valence-electron chi connectivity index (χ0n) is 8.43. The van der Waals surface area contributed by atoms with Crippen LogP contribution in [0.1, 0.15) is 6.92 Å². The zero-order valence-corrected chi connectivity index (χ0v) is 8.43. The highest BCUT2D eigenvalue weighted by Gasteiger charge is 2.15. The first-order valence-corrected chi connectivity index (χ1v) is 4.53. The summed E-state index contributed by atoms with van der Waals surface area (Å²) in [6.07, 6.45) is 0. The van der Waals surface area contributed by atoms with E-state index in [1.165, 1.54) is 6.92 Å². The summed E-state index contributed by atoms with van der Waals surface area (Å²) >= 11 is 0. The van der Waals surface area contributed by atoms with Crippen molar-refractivity contribution in [1.29, 1.82) is 0 Å². The monoisotopic (exact) mass is 233 g/mol. The lowest BCUT2D eigenvalue weighted by molar-refractivity contribution is -0.140. The van der Waals surface area contributed by atoms with Crippen LogP contribution in [0.5, 0.6) is 0 Å². The first kappa shape index (κ1) is 12.4. The van der Waals surface area contributed by atoms with E-state index in [-0.39, 0.29) is 6.54 Å². The van der Waals surface area contributed by atoms with Crippen LogP contribution in [0.3, 0.4) is 0 Å². The van der Waals surface area contributed by atoms with E-state index < -0.39 is 35.0 Å². The Balaban J connectivity index is 2.78. The molecule has 0 bridgehead atoms. The van der Waals surface area contributed by atoms with Crippen LogP contribution in [0.15, 0.2) is 12.1 Å². The molecule has 1 aromatic rings. The molecule has 0 aliphatic carbocycles. The second-order valence-electron chi connectivity index (χ2n) is 3.36. The summed E-state index contributed by atoms with van der Waals surface area (Å²) in [5.41, 5.74) is -0.519. The van der Waals surface area contributed by atoms with Crippen molar-refractivity contribution in [2.45, 2.75) is 6.92 Å². The Morgan fingerprint density at radius 2 is 1.88 bits per heavy atom. The van der Waals surface area contributed by atoms with Crippen LogP contribution in [-0.4, -0.2) is 17.6 Å². The van der Waals surface area contributed by atoms with Crippen molar-refractivity contribution in [3.8, 4) is 0 Å². The molecule has 0 aromatic heterocycles. The van der Waals surface area contributed by atoms with Gasteiger partial charge in [0.2, 0.25) is 0 Å². The molecule has 1 aromatic carbocycles. The molecule has 1 rings (SSSR count). The Morgan fingerprint density at radius 1 is 1.38 bits per heavy atom. The Labute approximate surface area is 89.9 Å². The van der Waals surface area contributed by atoms with Gasteiger partial charge in [0.05, 0.1) is 5.92 Å². The van der Waals surface area contributed by atoms with E-state index in [1.54, 1.807) is 0 Å². The van der Waals surface area contributed by atoms with Crippen LogP contribution in [0.2, 0.25) is 0 Å². The summed E-state index contributed by atoms with van der Waals surface area (Å²) in [5.74, 6) is -5.09. The van der Waals surface area contributed by atoms with E-state index in [4.69, 9.17) is 5.11 Å². The highest BCUT2D eigenvalue weighted by molar-refractivity contribution is 5.70. The maximum atomic E-state index is 13.1. The predicted octanol–water partition coefficient (Wildman–Crippen LogP) is 2.24. The number of carboxylic acid groups (broad SMARTS) is 1. The lowest BCUT2D eigenvalue weighted by atomic mass is 10.2. The molecular formula is C10H10F3NO2. The molecule has 0 aliphatic heterocycles. The third-order valence-electron chi connectivity index (χ3n) is 2.01. The average Bonchev–Trinajstić information content (AvgIpc) is 2.15. The van der Waals surface area contributed by atoms with Gasteiger partial charge >= 0.3 is 5.97 Å². The van der Waals surface area contributed by atoms with Crippen LogP contribution >= 0.6 is 0 Å². The fourth-order valence-electron chi connectivity index (χ4n) is 1.05. The molecule has 0 fully saturated rings. The van der Waals surface area contributed by atoms with Gasteiger partial charge in [-0.3, -0.25) is 4.79 Å². The second-order valence-corrected chi connectivity index (χ2v) is 3.36. The van der Waals surface area contributed by atoms with Crippen LogP contribution in [-0.2, 0) is 4.79 Å². The molecule has 88 valence electrons. The number of benzene rings is 1. The summed E-state index contributed by atoms with van der Waals surface area (Å²) in [5, 5.41) is 10.8. The van der Waals surface area contributed by atoms with Crippen LogP contribution < -0.4 is 5.32 Å². The third kappa shape index (κ3) is 2.88. The molecule has 0 radical (unpaired) electrons. The minimum Gasteiger partial charge on any atom is -0.481 e. The number of nitrogens with one attached hydrogen (secondary N) is 1. The van der Waals surface area contributed by atoms with Crippen molar-refractivity contribution < 1.29 is 23.1 Å². The quantitative estimate of drug-likeness (QED) is 0.838. The van der Waals surface area contributed by atoms with E-state index in [9.17, 15) is 18.0 Å².